The molecule has 1 aliphatic heterocycles. The lowest BCUT2D eigenvalue weighted by Crippen LogP contribution is -2.44. The second-order valence-electron chi connectivity index (χ2n) is 11.1. The number of likely N-dealkylation sites (N-methyl/N-ethyl adjacent to an activating group) is 1. The molecular weight excluding hydrogens is 472 g/mol. The van der Waals surface area contributed by atoms with Gasteiger partial charge in [-0.05, 0) is 92.8 Å². The highest BCUT2D eigenvalue weighted by molar-refractivity contribution is 5.98. The van der Waals surface area contributed by atoms with E-state index in [0.29, 0.717) is 13.0 Å². The van der Waals surface area contributed by atoms with E-state index in [-0.39, 0.29) is 11.7 Å². The molecule has 5 nitrogen and oxygen atoms in total. The van der Waals surface area contributed by atoms with Gasteiger partial charge in [0, 0.05) is 31.9 Å². The predicted molar refractivity (Wildman–Crippen MR) is 156 cm³/mol. The Kier molecular flexibility index (Phi) is 8.90. The zero-order valence-electron chi connectivity index (χ0n) is 23.1. The van der Waals surface area contributed by atoms with Crippen LogP contribution in [0.25, 0.3) is 11.1 Å². The first-order valence-corrected chi connectivity index (χ1v) is 13.5. The third kappa shape index (κ3) is 7.05. The minimum Gasteiger partial charge on any atom is -0.508 e. The van der Waals surface area contributed by atoms with Crippen LogP contribution in [0.2, 0.25) is 0 Å². The van der Waals surface area contributed by atoms with Crippen molar-refractivity contribution in [3.8, 4) is 5.75 Å². The molecule has 1 aliphatic rings. The van der Waals surface area contributed by atoms with Crippen molar-refractivity contribution in [1.29, 1.82) is 0 Å². The third-order valence-corrected chi connectivity index (χ3v) is 7.02. The molecule has 0 aliphatic carbocycles. The molecule has 1 N–H and O–H groups in total. The first-order chi connectivity index (χ1) is 18.2. The van der Waals surface area contributed by atoms with Crippen LogP contribution in [0.5, 0.6) is 5.75 Å². The summed E-state index contributed by atoms with van der Waals surface area (Å²) in [5.74, 6) is 0.0647. The fourth-order valence-corrected chi connectivity index (χ4v) is 4.73. The Morgan fingerprint density at radius 2 is 1.39 bits per heavy atom. The minimum absolute atomic E-state index is 0.180. The van der Waals surface area contributed by atoms with Gasteiger partial charge in [0.25, 0.3) is 0 Å². The van der Waals surface area contributed by atoms with Gasteiger partial charge in [0.1, 0.15) is 5.75 Å². The van der Waals surface area contributed by atoms with E-state index in [4.69, 9.17) is 4.74 Å². The van der Waals surface area contributed by atoms with E-state index in [1.54, 1.807) is 12.1 Å². The van der Waals surface area contributed by atoms with Gasteiger partial charge in [0.15, 0.2) is 0 Å². The van der Waals surface area contributed by atoms with Crippen LogP contribution in [0, 0.1) is 5.41 Å². The molecule has 200 valence electrons. The number of hydrogen-bond donors (Lipinski definition) is 1. The number of phenolic OH excluding ortho intramolecular Hbond substituents is 1. The van der Waals surface area contributed by atoms with Gasteiger partial charge in [-0.2, -0.15) is 0 Å². The number of allylic oxidation sites excluding steroid dienone is 1. The van der Waals surface area contributed by atoms with Gasteiger partial charge >= 0.3 is 5.97 Å². The summed E-state index contributed by atoms with van der Waals surface area (Å²) in [5, 5.41) is 9.98. The topological polar surface area (TPSA) is 53.0 Å². The molecule has 0 spiro atoms. The van der Waals surface area contributed by atoms with Gasteiger partial charge in [0.2, 0.25) is 0 Å². The maximum Gasteiger partial charge on any atom is 0.311 e. The minimum atomic E-state index is -0.513. The van der Waals surface area contributed by atoms with Gasteiger partial charge in [-0.1, -0.05) is 54.6 Å². The van der Waals surface area contributed by atoms with Crippen molar-refractivity contribution in [3.05, 3.63) is 95.6 Å². The van der Waals surface area contributed by atoms with E-state index in [1.165, 1.54) is 11.3 Å². The zero-order chi connectivity index (χ0) is 27.1. The summed E-state index contributed by atoms with van der Waals surface area (Å²) in [4.78, 5) is 17.1. The van der Waals surface area contributed by atoms with Gasteiger partial charge in [-0.15, -0.1) is 0 Å². The Bertz CT molecular complexity index is 1220. The van der Waals surface area contributed by atoms with E-state index in [1.807, 2.05) is 39.0 Å². The van der Waals surface area contributed by atoms with Crippen molar-refractivity contribution >= 4 is 22.8 Å². The maximum absolute atomic E-state index is 12.3. The Balaban J connectivity index is 1.70. The van der Waals surface area contributed by atoms with Crippen LogP contribution in [0.4, 0.5) is 5.69 Å². The number of anilines is 1. The fraction of sp³-hybridized carbons (Fsp3) is 0.364. The van der Waals surface area contributed by atoms with Gasteiger partial charge in [0.05, 0.1) is 12.0 Å². The largest absolute Gasteiger partial charge is 0.508 e. The summed E-state index contributed by atoms with van der Waals surface area (Å²) in [5.41, 5.74) is 6.35. The molecule has 3 aromatic carbocycles. The Morgan fingerprint density at radius 3 is 1.97 bits per heavy atom. The highest BCUT2D eigenvalue weighted by Gasteiger charge is 2.23. The SMILES string of the molecule is CN1CCN(c2ccc(/C(=C(/CCCOC(=O)C(C)(C)C)c3ccccc3)c3ccc(O)cc3)cc2)CC1. The number of piperazine rings is 1. The van der Waals surface area contributed by atoms with Crippen molar-refractivity contribution in [1.82, 2.24) is 4.90 Å². The second-order valence-corrected chi connectivity index (χ2v) is 11.1. The molecular formula is C33H40N2O3. The molecule has 38 heavy (non-hydrogen) atoms. The number of ether oxygens (including phenoxy) is 1. The predicted octanol–water partition coefficient (Wildman–Crippen LogP) is 6.47. The first kappa shape index (κ1) is 27.5. The number of aromatic hydroxyl groups is 1. The summed E-state index contributed by atoms with van der Waals surface area (Å²) in [6.45, 7) is 10.2. The lowest BCUT2D eigenvalue weighted by molar-refractivity contribution is -0.152. The molecule has 1 fully saturated rings. The molecule has 1 saturated heterocycles. The lowest BCUT2D eigenvalue weighted by atomic mass is 9.87. The number of nitrogens with zero attached hydrogens (tertiary/aromatic N) is 2. The van der Waals surface area contributed by atoms with E-state index >= 15 is 0 Å². The molecule has 3 aromatic rings. The maximum atomic E-state index is 12.3. The van der Waals surface area contributed by atoms with E-state index in [9.17, 15) is 9.90 Å². The van der Waals surface area contributed by atoms with Crippen LogP contribution in [-0.2, 0) is 9.53 Å². The van der Waals surface area contributed by atoms with Crippen LogP contribution in [-0.4, -0.2) is 55.8 Å². The number of benzene rings is 3. The molecule has 1 heterocycles. The molecule has 0 unspecified atom stereocenters. The van der Waals surface area contributed by atoms with E-state index in [2.05, 4.69) is 65.4 Å². The summed E-state index contributed by atoms with van der Waals surface area (Å²) in [6.07, 6.45) is 1.46. The highest BCUT2D eigenvalue weighted by Crippen LogP contribution is 2.36. The average Bonchev–Trinajstić information content (AvgIpc) is 2.92. The van der Waals surface area contributed by atoms with Crippen molar-refractivity contribution in [2.75, 3.05) is 44.7 Å². The average molecular weight is 513 g/mol. The van der Waals surface area contributed by atoms with Gasteiger partial charge in [-0.3, -0.25) is 4.79 Å². The normalized spacial score (nSPS) is 15.2. The van der Waals surface area contributed by atoms with E-state index in [0.717, 1.165) is 54.9 Å². The number of phenols is 1. The van der Waals surface area contributed by atoms with E-state index < -0.39 is 5.41 Å². The van der Waals surface area contributed by atoms with Gasteiger partial charge in [-0.25, -0.2) is 0 Å². The van der Waals surface area contributed by atoms with Crippen LogP contribution >= 0.6 is 0 Å². The molecule has 0 saturated carbocycles. The van der Waals surface area contributed by atoms with Crippen LogP contribution in [0.1, 0.15) is 50.3 Å². The quantitative estimate of drug-likeness (QED) is 0.213. The number of hydrogen-bond acceptors (Lipinski definition) is 5. The monoisotopic (exact) mass is 512 g/mol. The number of esters is 1. The Hall–Kier alpha value is -3.57. The fourth-order valence-electron chi connectivity index (χ4n) is 4.73. The molecule has 5 heteroatoms. The van der Waals surface area contributed by atoms with Gasteiger partial charge < -0.3 is 19.6 Å². The van der Waals surface area contributed by atoms with Crippen molar-refractivity contribution in [2.45, 2.75) is 33.6 Å². The second kappa shape index (κ2) is 12.3. The Labute approximate surface area is 227 Å². The molecule has 0 aromatic heterocycles. The summed E-state index contributed by atoms with van der Waals surface area (Å²) >= 11 is 0. The van der Waals surface area contributed by atoms with Crippen molar-refractivity contribution in [3.63, 3.8) is 0 Å². The third-order valence-electron chi connectivity index (χ3n) is 7.02. The highest BCUT2D eigenvalue weighted by atomic mass is 16.5. The number of rotatable bonds is 8. The molecule has 0 radical (unpaired) electrons. The molecule has 0 amide bonds. The smallest absolute Gasteiger partial charge is 0.311 e. The number of carbonyl (C=O) groups is 1. The standard InChI is InChI=1S/C33H40N2O3/c1-33(2,3)32(37)38-24-8-11-30(25-9-6-5-7-10-25)31(27-14-18-29(36)19-15-27)26-12-16-28(17-13-26)35-22-20-34(4)21-23-35/h5-7,9-10,12-19,36H,8,11,20-24H2,1-4H3/b31-30+. The lowest BCUT2D eigenvalue weighted by Gasteiger charge is -2.34. The van der Waals surface area contributed by atoms with Crippen LogP contribution in [0.3, 0.4) is 0 Å². The molecule has 0 atom stereocenters. The first-order valence-electron chi connectivity index (χ1n) is 13.5. The van der Waals surface area contributed by atoms with Crippen molar-refractivity contribution < 1.29 is 14.6 Å². The summed E-state index contributed by atoms with van der Waals surface area (Å²) in [7, 11) is 2.17. The van der Waals surface area contributed by atoms with Crippen LogP contribution in [0.15, 0.2) is 78.9 Å². The number of carbonyl (C=O) groups excluding carboxylic acids is 1. The summed E-state index contributed by atoms with van der Waals surface area (Å²) in [6, 6.07) is 26.7. The molecule has 4 rings (SSSR count). The van der Waals surface area contributed by atoms with Crippen molar-refractivity contribution in [2.24, 2.45) is 5.41 Å². The summed E-state index contributed by atoms with van der Waals surface area (Å²) < 4.78 is 5.59. The van der Waals surface area contributed by atoms with Crippen LogP contribution < -0.4 is 4.90 Å². The molecule has 0 bridgehead atoms. The zero-order valence-corrected chi connectivity index (χ0v) is 23.1. The Morgan fingerprint density at radius 1 is 0.816 bits per heavy atom.